The quantitative estimate of drug-likeness (QED) is 0.670. The summed E-state index contributed by atoms with van der Waals surface area (Å²) in [5.41, 5.74) is 0. The van der Waals surface area contributed by atoms with Crippen LogP contribution in [0.25, 0.3) is 0 Å². The van der Waals surface area contributed by atoms with Gasteiger partial charge in [-0.25, -0.2) is 0 Å². The Morgan fingerprint density at radius 1 is 1.33 bits per heavy atom. The summed E-state index contributed by atoms with van der Waals surface area (Å²) in [6, 6.07) is 0.386. The van der Waals surface area contributed by atoms with Crippen LogP contribution < -0.4 is 5.32 Å². The molecule has 1 fully saturated rings. The first kappa shape index (κ1) is 11.1. The standard InChI is InChI=1S/C12H22N2O/c15-10-12(11-4-2-1-3-5-11)14-8-6-13-7-9-14/h1-2,11-13,15H,3-10H2. The third kappa shape index (κ3) is 2.80. The highest BCUT2D eigenvalue weighted by Gasteiger charge is 2.27. The zero-order chi connectivity index (χ0) is 10.5. The van der Waals surface area contributed by atoms with Gasteiger partial charge in [0, 0.05) is 32.2 Å². The van der Waals surface area contributed by atoms with Gasteiger partial charge in [0.2, 0.25) is 0 Å². The molecule has 86 valence electrons. The predicted molar refractivity (Wildman–Crippen MR) is 61.8 cm³/mol. The van der Waals surface area contributed by atoms with E-state index in [-0.39, 0.29) is 0 Å². The Hall–Kier alpha value is -0.380. The normalized spacial score (nSPS) is 30.3. The van der Waals surface area contributed by atoms with Crippen LogP contribution >= 0.6 is 0 Å². The third-order valence-corrected chi connectivity index (χ3v) is 3.66. The van der Waals surface area contributed by atoms with Gasteiger partial charge in [0.25, 0.3) is 0 Å². The van der Waals surface area contributed by atoms with Crippen molar-refractivity contribution in [2.45, 2.75) is 25.3 Å². The molecule has 0 radical (unpaired) electrons. The molecule has 1 saturated heterocycles. The van der Waals surface area contributed by atoms with Crippen molar-refractivity contribution in [1.29, 1.82) is 0 Å². The molecule has 0 spiro atoms. The molecule has 0 aromatic rings. The summed E-state index contributed by atoms with van der Waals surface area (Å²) in [5, 5.41) is 12.9. The van der Waals surface area contributed by atoms with Crippen LogP contribution in [0.5, 0.6) is 0 Å². The van der Waals surface area contributed by atoms with E-state index in [1.807, 2.05) is 0 Å². The molecule has 3 heteroatoms. The maximum absolute atomic E-state index is 9.54. The summed E-state index contributed by atoms with van der Waals surface area (Å²) in [5.74, 6) is 0.665. The van der Waals surface area contributed by atoms with Gasteiger partial charge in [-0.1, -0.05) is 12.2 Å². The number of hydrogen-bond donors (Lipinski definition) is 2. The lowest BCUT2D eigenvalue weighted by Crippen LogP contribution is -2.52. The molecule has 0 amide bonds. The lowest BCUT2D eigenvalue weighted by atomic mass is 9.87. The van der Waals surface area contributed by atoms with E-state index in [4.69, 9.17) is 0 Å². The summed E-state index contributed by atoms with van der Waals surface area (Å²) in [7, 11) is 0. The van der Waals surface area contributed by atoms with Gasteiger partial charge in [0.05, 0.1) is 6.61 Å². The van der Waals surface area contributed by atoms with Gasteiger partial charge in [-0.15, -0.1) is 0 Å². The molecule has 1 aliphatic carbocycles. The van der Waals surface area contributed by atoms with Gasteiger partial charge in [0.15, 0.2) is 0 Å². The molecular formula is C12H22N2O. The second-order valence-electron chi connectivity index (χ2n) is 4.58. The molecule has 0 bridgehead atoms. The summed E-state index contributed by atoms with van der Waals surface area (Å²) in [6.45, 7) is 4.63. The van der Waals surface area contributed by atoms with E-state index >= 15 is 0 Å². The molecule has 1 heterocycles. The molecule has 0 aromatic heterocycles. The Bertz CT molecular complexity index is 212. The fourth-order valence-corrected chi connectivity index (χ4v) is 2.74. The van der Waals surface area contributed by atoms with Gasteiger partial charge >= 0.3 is 0 Å². The Morgan fingerprint density at radius 2 is 2.13 bits per heavy atom. The van der Waals surface area contributed by atoms with Crippen molar-refractivity contribution in [3.8, 4) is 0 Å². The van der Waals surface area contributed by atoms with E-state index in [2.05, 4.69) is 22.4 Å². The number of allylic oxidation sites excluding steroid dienone is 2. The van der Waals surface area contributed by atoms with Crippen molar-refractivity contribution in [3.63, 3.8) is 0 Å². The van der Waals surface area contributed by atoms with Crippen LogP contribution in [0.4, 0.5) is 0 Å². The third-order valence-electron chi connectivity index (χ3n) is 3.66. The first-order valence-corrected chi connectivity index (χ1v) is 6.12. The second-order valence-corrected chi connectivity index (χ2v) is 4.58. The number of aliphatic hydroxyl groups excluding tert-OH is 1. The van der Waals surface area contributed by atoms with Crippen LogP contribution in [0.1, 0.15) is 19.3 Å². The number of piperazine rings is 1. The summed E-state index contributed by atoms with van der Waals surface area (Å²) < 4.78 is 0. The first-order valence-electron chi connectivity index (χ1n) is 6.12. The zero-order valence-corrected chi connectivity index (χ0v) is 9.36. The molecular weight excluding hydrogens is 188 g/mol. The van der Waals surface area contributed by atoms with E-state index < -0.39 is 0 Å². The average Bonchev–Trinajstić information content (AvgIpc) is 2.33. The molecule has 2 N–H and O–H groups in total. The highest BCUT2D eigenvalue weighted by Crippen LogP contribution is 2.25. The highest BCUT2D eigenvalue weighted by molar-refractivity contribution is 4.95. The SMILES string of the molecule is OCC(C1CC=CCC1)N1CCNCC1. The largest absolute Gasteiger partial charge is 0.395 e. The predicted octanol–water partition coefficient (Wildman–Crippen LogP) is 0.609. The maximum Gasteiger partial charge on any atom is 0.0589 e. The fraction of sp³-hybridized carbons (Fsp3) is 0.833. The number of hydrogen-bond acceptors (Lipinski definition) is 3. The Labute approximate surface area is 92.2 Å². The lowest BCUT2D eigenvalue weighted by molar-refractivity contribution is 0.0665. The van der Waals surface area contributed by atoms with Crippen molar-refractivity contribution in [3.05, 3.63) is 12.2 Å². The van der Waals surface area contributed by atoms with E-state index in [9.17, 15) is 5.11 Å². The molecule has 0 saturated carbocycles. The number of rotatable bonds is 3. The molecule has 15 heavy (non-hydrogen) atoms. The topological polar surface area (TPSA) is 35.5 Å². The number of nitrogens with zero attached hydrogens (tertiary/aromatic N) is 1. The molecule has 2 rings (SSSR count). The van der Waals surface area contributed by atoms with Crippen molar-refractivity contribution >= 4 is 0 Å². The summed E-state index contributed by atoms with van der Waals surface area (Å²) in [4.78, 5) is 2.46. The zero-order valence-electron chi connectivity index (χ0n) is 9.36. The van der Waals surface area contributed by atoms with Crippen LogP contribution in [-0.2, 0) is 0 Å². The minimum absolute atomic E-state index is 0.318. The number of nitrogens with one attached hydrogen (secondary N) is 1. The van der Waals surface area contributed by atoms with E-state index in [0.717, 1.165) is 32.6 Å². The average molecular weight is 210 g/mol. The lowest BCUT2D eigenvalue weighted by Gasteiger charge is -2.39. The molecule has 3 nitrogen and oxygen atoms in total. The van der Waals surface area contributed by atoms with Crippen LogP contribution in [0.3, 0.4) is 0 Å². The Kier molecular flexibility index (Phi) is 4.18. The van der Waals surface area contributed by atoms with Crippen LogP contribution in [-0.4, -0.2) is 48.8 Å². The van der Waals surface area contributed by atoms with Crippen molar-refractivity contribution in [2.24, 2.45) is 5.92 Å². The molecule has 0 aromatic carbocycles. The monoisotopic (exact) mass is 210 g/mol. The van der Waals surface area contributed by atoms with Crippen LogP contribution in [0.15, 0.2) is 12.2 Å². The first-order chi connectivity index (χ1) is 7.42. The van der Waals surface area contributed by atoms with Crippen molar-refractivity contribution in [2.75, 3.05) is 32.8 Å². The van der Waals surface area contributed by atoms with Crippen LogP contribution in [0.2, 0.25) is 0 Å². The molecule has 2 atom stereocenters. The maximum atomic E-state index is 9.54. The van der Waals surface area contributed by atoms with Crippen molar-refractivity contribution in [1.82, 2.24) is 10.2 Å². The van der Waals surface area contributed by atoms with Gasteiger partial charge in [-0.3, -0.25) is 4.90 Å². The van der Waals surface area contributed by atoms with E-state index in [1.165, 1.54) is 12.8 Å². The van der Waals surface area contributed by atoms with Gasteiger partial charge in [-0.05, 0) is 25.2 Å². The van der Waals surface area contributed by atoms with Crippen LogP contribution in [0, 0.1) is 5.92 Å². The van der Waals surface area contributed by atoms with Gasteiger partial charge < -0.3 is 10.4 Å². The van der Waals surface area contributed by atoms with Crippen molar-refractivity contribution < 1.29 is 5.11 Å². The second kappa shape index (κ2) is 5.64. The minimum Gasteiger partial charge on any atom is -0.395 e. The molecule has 1 aliphatic heterocycles. The summed E-state index contributed by atoms with van der Waals surface area (Å²) in [6.07, 6.45) is 8.12. The Morgan fingerprint density at radius 3 is 2.73 bits per heavy atom. The fourth-order valence-electron chi connectivity index (χ4n) is 2.74. The van der Waals surface area contributed by atoms with E-state index in [0.29, 0.717) is 18.6 Å². The smallest absolute Gasteiger partial charge is 0.0589 e. The van der Waals surface area contributed by atoms with Gasteiger partial charge in [-0.2, -0.15) is 0 Å². The number of aliphatic hydroxyl groups is 1. The Balaban J connectivity index is 1.92. The highest BCUT2D eigenvalue weighted by atomic mass is 16.3. The van der Waals surface area contributed by atoms with Gasteiger partial charge in [0.1, 0.15) is 0 Å². The summed E-state index contributed by atoms with van der Waals surface area (Å²) >= 11 is 0. The van der Waals surface area contributed by atoms with E-state index in [1.54, 1.807) is 0 Å². The molecule has 2 aliphatic rings. The minimum atomic E-state index is 0.318. The molecule has 2 unspecified atom stereocenters.